The van der Waals surface area contributed by atoms with Crippen LogP contribution in [0.1, 0.15) is 32.9 Å². The maximum absolute atomic E-state index is 14.1. The van der Waals surface area contributed by atoms with Gasteiger partial charge in [-0.1, -0.05) is 6.92 Å². The molecule has 0 fully saturated rings. The summed E-state index contributed by atoms with van der Waals surface area (Å²) < 4.78 is 14.1. The van der Waals surface area contributed by atoms with Crippen molar-refractivity contribution in [1.82, 2.24) is 15.0 Å². The molecule has 5 nitrogen and oxygen atoms in total. The van der Waals surface area contributed by atoms with Crippen molar-refractivity contribution in [3.05, 3.63) is 36.2 Å². The average Bonchev–Trinajstić information content (AvgIpc) is 2.44. The third kappa shape index (κ3) is 3.72. The van der Waals surface area contributed by atoms with Gasteiger partial charge in [0.15, 0.2) is 0 Å². The Morgan fingerprint density at radius 3 is 2.62 bits per heavy atom. The van der Waals surface area contributed by atoms with Gasteiger partial charge in [0, 0.05) is 24.4 Å². The van der Waals surface area contributed by atoms with Crippen molar-refractivity contribution in [2.45, 2.75) is 32.8 Å². The summed E-state index contributed by atoms with van der Waals surface area (Å²) >= 11 is 0. The summed E-state index contributed by atoms with van der Waals surface area (Å²) in [5, 5.41) is 13.0. The monoisotopic (exact) mass is 290 g/mol. The molecule has 0 spiro atoms. The molecular formula is C15H19FN4O. The first kappa shape index (κ1) is 15.3. The molecule has 6 heteroatoms. The second-order valence-corrected chi connectivity index (χ2v) is 5.33. The standard InChI is InChI=1S/C15H19FN4O/c1-4-5-17-13-7-12(19-9-20-13)10-6-11(16)14(18-8-10)15(2,3)21/h6-9,21H,4-5H2,1-3H3,(H,17,19,20). The highest BCUT2D eigenvalue weighted by molar-refractivity contribution is 5.61. The fourth-order valence-corrected chi connectivity index (χ4v) is 1.89. The molecule has 2 aromatic rings. The van der Waals surface area contributed by atoms with Crippen molar-refractivity contribution >= 4 is 5.82 Å². The largest absolute Gasteiger partial charge is 0.384 e. The lowest BCUT2D eigenvalue weighted by atomic mass is 10.0. The van der Waals surface area contributed by atoms with Crippen LogP contribution in [0.5, 0.6) is 0 Å². The molecule has 0 saturated heterocycles. The molecule has 2 rings (SSSR count). The van der Waals surface area contributed by atoms with Crippen LogP contribution >= 0.6 is 0 Å². The van der Waals surface area contributed by atoms with Gasteiger partial charge in [-0.25, -0.2) is 14.4 Å². The maximum atomic E-state index is 14.1. The number of hydrogen-bond donors (Lipinski definition) is 2. The highest BCUT2D eigenvalue weighted by Crippen LogP contribution is 2.25. The van der Waals surface area contributed by atoms with E-state index in [-0.39, 0.29) is 5.69 Å². The Kier molecular flexibility index (Phi) is 4.47. The number of nitrogens with zero attached hydrogens (tertiary/aromatic N) is 3. The van der Waals surface area contributed by atoms with Crippen molar-refractivity contribution in [2.24, 2.45) is 0 Å². The predicted octanol–water partition coefficient (Wildman–Crippen LogP) is 2.73. The summed E-state index contributed by atoms with van der Waals surface area (Å²) in [5.41, 5.74) is -0.174. The summed E-state index contributed by atoms with van der Waals surface area (Å²) in [7, 11) is 0. The molecule has 0 amide bonds. The zero-order valence-electron chi connectivity index (χ0n) is 12.4. The van der Waals surface area contributed by atoms with Gasteiger partial charge in [0.25, 0.3) is 0 Å². The van der Waals surface area contributed by atoms with E-state index < -0.39 is 11.4 Å². The lowest BCUT2D eigenvalue weighted by Crippen LogP contribution is -2.19. The van der Waals surface area contributed by atoms with E-state index in [1.54, 1.807) is 6.07 Å². The average molecular weight is 290 g/mol. The van der Waals surface area contributed by atoms with Gasteiger partial charge in [-0.05, 0) is 26.3 Å². The number of halogens is 1. The first-order valence-corrected chi connectivity index (χ1v) is 6.86. The lowest BCUT2D eigenvalue weighted by Gasteiger charge is -2.17. The van der Waals surface area contributed by atoms with E-state index in [9.17, 15) is 9.50 Å². The zero-order chi connectivity index (χ0) is 15.5. The molecule has 0 aromatic carbocycles. The van der Waals surface area contributed by atoms with Gasteiger partial charge in [0.05, 0.1) is 5.69 Å². The first-order chi connectivity index (χ1) is 9.91. The van der Waals surface area contributed by atoms with E-state index in [0.717, 1.165) is 13.0 Å². The Bertz CT molecular complexity index is 625. The summed E-state index contributed by atoms with van der Waals surface area (Å²) in [6.45, 7) is 5.86. The predicted molar refractivity (Wildman–Crippen MR) is 79.2 cm³/mol. The van der Waals surface area contributed by atoms with E-state index >= 15 is 0 Å². The number of anilines is 1. The van der Waals surface area contributed by atoms with Crippen molar-refractivity contribution in [2.75, 3.05) is 11.9 Å². The molecule has 0 aliphatic rings. The minimum absolute atomic E-state index is 0.0182. The molecule has 2 N–H and O–H groups in total. The van der Waals surface area contributed by atoms with Gasteiger partial charge >= 0.3 is 0 Å². The Balaban J connectivity index is 2.32. The topological polar surface area (TPSA) is 70.9 Å². The highest BCUT2D eigenvalue weighted by Gasteiger charge is 2.22. The number of hydrogen-bond acceptors (Lipinski definition) is 5. The molecular weight excluding hydrogens is 271 g/mol. The van der Waals surface area contributed by atoms with Gasteiger partial charge in [-0.15, -0.1) is 0 Å². The molecule has 21 heavy (non-hydrogen) atoms. The molecule has 0 atom stereocenters. The minimum atomic E-state index is -1.32. The SMILES string of the molecule is CCCNc1cc(-c2cnc(C(C)(C)O)c(F)c2)ncn1. The van der Waals surface area contributed by atoms with Crippen LogP contribution in [0.3, 0.4) is 0 Å². The van der Waals surface area contributed by atoms with E-state index in [2.05, 4.69) is 27.2 Å². The molecule has 0 bridgehead atoms. The van der Waals surface area contributed by atoms with Crippen LogP contribution in [-0.4, -0.2) is 26.6 Å². The number of aliphatic hydroxyl groups is 1. The normalized spacial score (nSPS) is 11.5. The van der Waals surface area contributed by atoms with E-state index in [0.29, 0.717) is 17.1 Å². The van der Waals surface area contributed by atoms with Gasteiger partial charge < -0.3 is 10.4 Å². The van der Waals surface area contributed by atoms with Crippen molar-refractivity contribution in [1.29, 1.82) is 0 Å². The van der Waals surface area contributed by atoms with Gasteiger partial charge in [-0.2, -0.15) is 0 Å². The fourth-order valence-electron chi connectivity index (χ4n) is 1.89. The number of rotatable bonds is 5. The smallest absolute Gasteiger partial charge is 0.148 e. The molecule has 112 valence electrons. The summed E-state index contributed by atoms with van der Waals surface area (Å²) in [5.74, 6) is 0.135. The van der Waals surface area contributed by atoms with Crippen LogP contribution in [-0.2, 0) is 5.60 Å². The summed E-state index contributed by atoms with van der Waals surface area (Å²) in [6, 6.07) is 3.07. The van der Waals surface area contributed by atoms with Crippen molar-refractivity contribution in [3.8, 4) is 11.3 Å². The fraction of sp³-hybridized carbons (Fsp3) is 0.400. The molecule has 0 aliphatic heterocycles. The highest BCUT2D eigenvalue weighted by atomic mass is 19.1. The Morgan fingerprint density at radius 2 is 2.00 bits per heavy atom. The van der Waals surface area contributed by atoms with Crippen LogP contribution in [0, 0.1) is 5.82 Å². The van der Waals surface area contributed by atoms with Crippen LogP contribution in [0.2, 0.25) is 0 Å². The molecule has 0 unspecified atom stereocenters. The second kappa shape index (κ2) is 6.13. The van der Waals surface area contributed by atoms with Crippen molar-refractivity contribution in [3.63, 3.8) is 0 Å². The van der Waals surface area contributed by atoms with Gasteiger partial charge in [-0.3, -0.25) is 4.98 Å². The van der Waals surface area contributed by atoms with Crippen LogP contribution in [0.25, 0.3) is 11.3 Å². The van der Waals surface area contributed by atoms with Crippen LogP contribution < -0.4 is 5.32 Å². The van der Waals surface area contributed by atoms with E-state index in [1.165, 1.54) is 32.4 Å². The minimum Gasteiger partial charge on any atom is -0.384 e. The Morgan fingerprint density at radius 1 is 1.24 bits per heavy atom. The van der Waals surface area contributed by atoms with E-state index in [4.69, 9.17) is 0 Å². The van der Waals surface area contributed by atoms with Crippen LogP contribution in [0.15, 0.2) is 24.7 Å². The number of nitrogens with one attached hydrogen (secondary N) is 1. The third-order valence-electron chi connectivity index (χ3n) is 2.94. The molecule has 0 saturated carbocycles. The molecule has 2 heterocycles. The molecule has 0 aliphatic carbocycles. The Labute approximate surface area is 123 Å². The quantitative estimate of drug-likeness (QED) is 0.886. The van der Waals surface area contributed by atoms with Gasteiger partial charge in [0.2, 0.25) is 0 Å². The first-order valence-electron chi connectivity index (χ1n) is 6.86. The third-order valence-corrected chi connectivity index (χ3v) is 2.94. The molecule has 2 aromatic heterocycles. The second-order valence-electron chi connectivity index (χ2n) is 5.33. The Hall–Kier alpha value is -2.08. The number of aromatic nitrogens is 3. The maximum Gasteiger partial charge on any atom is 0.148 e. The van der Waals surface area contributed by atoms with Crippen LogP contribution in [0.4, 0.5) is 10.2 Å². The lowest BCUT2D eigenvalue weighted by molar-refractivity contribution is 0.0695. The summed E-state index contributed by atoms with van der Waals surface area (Å²) in [4.78, 5) is 12.2. The summed E-state index contributed by atoms with van der Waals surface area (Å²) in [6.07, 6.45) is 3.91. The van der Waals surface area contributed by atoms with Gasteiger partial charge in [0.1, 0.15) is 29.3 Å². The molecule has 0 radical (unpaired) electrons. The van der Waals surface area contributed by atoms with Crippen molar-refractivity contribution < 1.29 is 9.50 Å². The number of pyridine rings is 1. The van der Waals surface area contributed by atoms with E-state index in [1.807, 2.05) is 0 Å². The zero-order valence-corrected chi connectivity index (χ0v) is 12.4.